The van der Waals surface area contributed by atoms with E-state index in [2.05, 4.69) is 53.2 Å². The summed E-state index contributed by atoms with van der Waals surface area (Å²) in [4.78, 5) is 5.15. The summed E-state index contributed by atoms with van der Waals surface area (Å²) < 4.78 is 0. The van der Waals surface area contributed by atoms with Crippen LogP contribution in [0.2, 0.25) is 0 Å². The van der Waals surface area contributed by atoms with Crippen LogP contribution in [0.5, 0.6) is 0 Å². The topological polar surface area (TPSA) is 18.5 Å². The predicted molar refractivity (Wildman–Crippen MR) is 86.1 cm³/mol. The average molecular weight is 275 g/mol. The van der Waals surface area contributed by atoms with Crippen molar-refractivity contribution in [2.75, 3.05) is 39.8 Å². The molecule has 1 fully saturated rings. The Labute approximate surface area is 124 Å². The molecule has 0 bridgehead atoms. The van der Waals surface area contributed by atoms with Gasteiger partial charge in [0.1, 0.15) is 0 Å². The van der Waals surface area contributed by atoms with Crippen molar-refractivity contribution in [3.05, 3.63) is 35.4 Å². The molecule has 0 radical (unpaired) electrons. The van der Waals surface area contributed by atoms with Gasteiger partial charge in [-0.25, -0.2) is 0 Å². The number of likely N-dealkylation sites (N-methyl/N-ethyl adjacent to an activating group) is 2. The summed E-state index contributed by atoms with van der Waals surface area (Å²) in [6, 6.07) is 9.82. The van der Waals surface area contributed by atoms with Crippen molar-refractivity contribution in [2.45, 2.75) is 32.9 Å². The second-order valence-electron chi connectivity index (χ2n) is 5.88. The normalized spacial score (nSPS) is 21.2. The summed E-state index contributed by atoms with van der Waals surface area (Å²) in [5, 5.41) is 3.20. The Morgan fingerprint density at radius 3 is 2.45 bits per heavy atom. The maximum atomic E-state index is 3.20. The van der Waals surface area contributed by atoms with Crippen LogP contribution < -0.4 is 5.32 Å². The lowest BCUT2D eigenvalue weighted by Crippen LogP contribution is -2.51. The minimum Gasteiger partial charge on any atom is -0.319 e. The smallest absolute Gasteiger partial charge is 0.0234 e. The van der Waals surface area contributed by atoms with Gasteiger partial charge in [0.2, 0.25) is 0 Å². The first-order valence-corrected chi connectivity index (χ1v) is 7.91. The molecule has 1 aromatic carbocycles. The molecule has 2 rings (SSSR count). The van der Waals surface area contributed by atoms with Gasteiger partial charge in [-0.2, -0.15) is 0 Å². The molecule has 0 amide bonds. The second-order valence-corrected chi connectivity index (χ2v) is 5.88. The molecule has 0 aliphatic carbocycles. The van der Waals surface area contributed by atoms with Gasteiger partial charge in [0.05, 0.1) is 0 Å². The largest absolute Gasteiger partial charge is 0.319 e. The van der Waals surface area contributed by atoms with E-state index in [1.54, 1.807) is 0 Å². The van der Waals surface area contributed by atoms with Crippen LogP contribution in [0.1, 0.15) is 25.0 Å². The Morgan fingerprint density at radius 1 is 1.15 bits per heavy atom. The van der Waals surface area contributed by atoms with E-state index < -0.39 is 0 Å². The van der Waals surface area contributed by atoms with Gasteiger partial charge in [0.25, 0.3) is 0 Å². The highest BCUT2D eigenvalue weighted by Crippen LogP contribution is 2.13. The molecule has 3 nitrogen and oxygen atoms in total. The Morgan fingerprint density at radius 2 is 1.85 bits per heavy atom. The molecule has 1 aromatic rings. The highest BCUT2D eigenvalue weighted by molar-refractivity contribution is 5.22. The van der Waals surface area contributed by atoms with E-state index in [1.807, 2.05) is 7.05 Å². The monoisotopic (exact) mass is 275 g/mol. The predicted octanol–water partition coefficient (Wildman–Crippen LogP) is 1.97. The SMILES string of the molecule is CCN1CCN(Cc2ccc(CCNC)cc2)CC1C. The first kappa shape index (κ1) is 15.5. The lowest BCUT2D eigenvalue weighted by Gasteiger charge is -2.39. The quantitative estimate of drug-likeness (QED) is 0.856. The van der Waals surface area contributed by atoms with Crippen molar-refractivity contribution in [3.63, 3.8) is 0 Å². The Bertz CT molecular complexity index is 388. The van der Waals surface area contributed by atoms with Crippen LogP contribution in [0, 0.1) is 0 Å². The minimum atomic E-state index is 0.684. The van der Waals surface area contributed by atoms with Crippen LogP contribution in [0.4, 0.5) is 0 Å². The van der Waals surface area contributed by atoms with E-state index in [0.717, 1.165) is 19.5 Å². The van der Waals surface area contributed by atoms with E-state index in [1.165, 1.54) is 37.3 Å². The van der Waals surface area contributed by atoms with Crippen LogP contribution in [0.15, 0.2) is 24.3 Å². The molecule has 1 heterocycles. The van der Waals surface area contributed by atoms with Gasteiger partial charge in [0.15, 0.2) is 0 Å². The number of nitrogens with zero attached hydrogens (tertiary/aromatic N) is 2. The lowest BCUT2D eigenvalue weighted by molar-refractivity contribution is 0.0834. The van der Waals surface area contributed by atoms with Gasteiger partial charge in [0, 0.05) is 32.2 Å². The maximum absolute atomic E-state index is 3.20. The Kier molecular flexibility index (Phi) is 6.02. The summed E-state index contributed by atoms with van der Waals surface area (Å²) in [5.74, 6) is 0. The molecular formula is C17H29N3. The highest BCUT2D eigenvalue weighted by Gasteiger charge is 2.21. The second kappa shape index (κ2) is 7.77. The van der Waals surface area contributed by atoms with E-state index in [9.17, 15) is 0 Å². The van der Waals surface area contributed by atoms with E-state index in [4.69, 9.17) is 0 Å². The third-order valence-electron chi connectivity index (χ3n) is 4.35. The summed E-state index contributed by atoms with van der Waals surface area (Å²) in [5.41, 5.74) is 2.86. The fourth-order valence-electron chi connectivity index (χ4n) is 3.02. The summed E-state index contributed by atoms with van der Waals surface area (Å²) in [7, 11) is 2.01. The number of hydrogen-bond acceptors (Lipinski definition) is 3. The molecule has 3 heteroatoms. The summed E-state index contributed by atoms with van der Waals surface area (Å²) >= 11 is 0. The molecule has 1 aliphatic heterocycles. The number of piperazine rings is 1. The maximum Gasteiger partial charge on any atom is 0.0234 e. The van der Waals surface area contributed by atoms with Crippen molar-refractivity contribution < 1.29 is 0 Å². The zero-order valence-electron chi connectivity index (χ0n) is 13.2. The van der Waals surface area contributed by atoms with Gasteiger partial charge in [-0.1, -0.05) is 31.2 Å². The van der Waals surface area contributed by atoms with Crippen molar-refractivity contribution in [1.82, 2.24) is 15.1 Å². The van der Waals surface area contributed by atoms with Crippen LogP contribution >= 0.6 is 0 Å². The van der Waals surface area contributed by atoms with E-state index >= 15 is 0 Å². The molecule has 0 spiro atoms. The molecule has 1 N–H and O–H groups in total. The van der Waals surface area contributed by atoms with Gasteiger partial charge >= 0.3 is 0 Å². The van der Waals surface area contributed by atoms with Gasteiger partial charge < -0.3 is 5.32 Å². The molecule has 1 unspecified atom stereocenters. The number of benzene rings is 1. The fraction of sp³-hybridized carbons (Fsp3) is 0.647. The molecule has 1 saturated heterocycles. The van der Waals surface area contributed by atoms with E-state index in [-0.39, 0.29) is 0 Å². The number of nitrogens with one attached hydrogen (secondary N) is 1. The molecule has 1 aliphatic rings. The van der Waals surface area contributed by atoms with Crippen molar-refractivity contribution >= 4 is 0 Å². The molecule has 0 aromatic heterocycles. The minimum absolute atomic E-state index is 0.684. The third-order valence-corrected chi connectivity index (χ3v) is 4.35. The zero-order valence-corrected chi connectivity index (χ0v) is 13.2. The molecule has 1 atom stereocenters. The van der Waals surface area contributed by atoms with Crippen molar-refractivity contribution in [1.29, 1.82) is 0 Å². The Balaban J connectivity index is 1.84. The third kappa shape index (κ3) is 4.30. The first-order chi connectivity index (χ1) is 9.72. The zero-order chi connectivity index (χ0) is 14.4. The average Bonchev–Trinajstić information content (AvgIpc) is 2.47. The van der Waals surface area contributed by atoms with Gasteiger partial charge in [-0.15, -0.1) is 0 Å². The van der Waals surface area contributed by atoms with Gasteiger partial charge in [-0.3, -0.25) is 9.80 Å². The number of hydrogen-bond donors (Lipinski definition) is 1. The molecule has 112 valence electrons. The first-order valence-electron chi connectivity index (χ1n) is 7.91. The van der Waals surface area contributed by atoms with Crippen LogP contribution in [0.25, 0.3) is 0 Å². The Hall–Kier alpha value is -0.900. The van der Waals surface area contributed by atoms with E-state index in [0.29, 0.717) is 6.04 Å². The fourth-order valence-corrected chi connectivity index (χ4v) is 3.02. The number of rotatable bonds is 6. The van der Waals surface area contributed by atoms with Crippen LogP contribution in [-0.2, 0) is 13.0 Å². The molecular weight excluding hydrogens is 246 g/mol. The summed E-state index contributed by atoms with van der Waals surface area (Å²) in [6.45, 7) is 11.5. The molecule has 20 heavy (non-hydrogen) atoms. The molecule has 0 saturated carbocycles. The van der Waals surface area contributed by atoms with Crippen LogP contribution in [0.3, 0.4) is 0 Å². The van der Waals surface area contributed by atoms with Crippen LogP contribution in [-0.4, -0.2) is 55.6 Å². The highest BCUT2D eigenvalue weighted by atomic mass is 15.3. The van der Waals surface area contributed by atoms with Gasteiger partial charge in [-0.05, 0) is 44.6 Å². The summed E-state index contributed by atoms with van der Waals surface area (Å²) in [6.07, 6.45) is 1.11. The van der Waals surface area contributed by atoms with Crippen molar-refractivity contribution in [2.24, 2.45) is 0 Å². The standard InChI is InChI=1S/C17H29N3/c1-4-20-12-11-19(13-15(20)2)14-17-7-5-16(6-8-17)9-10-18-3/h5-8,15,18H,4,9-14H2,1-3H3. The van der Waals surface area contributed by atoms with Crippen molar-refractivity contribution in [3.8, 4) is 0 Å². The lowest BCUT2D eigenvalue weighted by atomic mass is 10.1.